The average Bonchev–Trinajstić information content (AvgIpc) is 3.01. The molecule has 2 rings (SSSR count). The number of hydrogen-bond donors (Lipinski definition) is 2. The number of hydrogen-bond acceptors (Lipinski definition) is 4. The Morgan fingerprint density at radius 3 is 2.64 bits per heavy atom. The highest BCUT2D eigenvalue weighted by Gasteiger charge is 2.33. The zero-order chi connectivity index (χ0) is 16.1. The maximum absolute atomic E-state index is 12.5. The lowest BCUT2D eigenvalue weighted by molar-refractivity contribution is -0.144. The van der Waals surface area contributed by atoms with Crippen LogP contribution in [0.15, 0.2) is 24.3 Å². The number of ether oxygens (including phenoxy) is 1. The maximum atomic E-state index is 12.5. The van der Waals surface area contributed by atoms with E-state index in [-0.39, 0.29) is 18.6 Å². The van der Waals surface area contributed by atoms with Crippen LogP contribution in [0.25, 0.3) is 0 Å². The molecule has 0 aromatic heterocycles. The van der Waals surface area contributed by atoms with E-state index >= 15 is 0 Å². The minimum absolute atomic E-state index is 0.0188. The Balaban J connectivity index is 1.96. The second-order valence-corrected chi connectivity index (χ2v) is 5.86. The summed E-state index contributed by atoms with van der Waals surface area (Å²) in [6, 6.07) is 7.72. The van der Waals surface area contributed by atoms with Crippen LogP contribution in [0.2, 0.25) is 0 Å². The number of nitrogens with two attached hydrogens (primary N) is 1. The van der Waals surface area contributed by atoms with Crippen molar-refractivity contribution >= 4 is 5.91 Å². The van der Waals surface area contributed by atoms with Crippen LogP contribution < -0.4 is 5.73 Å². The predicted molar refractivity (Wildman–Crippen MR) is 85.3 cm³/mol. The van der Waals surface area contributed by atoms with Crippen LogP contribution in [0.5, 0.6) is 0 Å². The Labute approximate surface area is 132 Å². The molecule has 5 nitrogen and oxygen atoms in total. The van der Waals surface area contributed by atoms with Gasteiger partial charge in [-0.3, -0.25) is 4.79 Å². The molecule has 5 heteroatoms. The minimum atomic E-state index is -0.684. The third kappa shape index (κ3) is 4.06. The second kappa shape index (κ2) is 7.72. The summed E-state index contributed by atoms with van der Waals surface area (Å²) in [6.07, 6.45) is 0.410. The summed E-state index contributed by atoms with van der Waals surface area (Å²) in [5, 5.41) is 10.3. The van der Waals surface area contributed by atoms with Crippen molar-refractivity contribution in [3.8, 4) is 0 Å². The first-order valence-electron chi connectivity index (χ1n) is 7.94. The van der Waals surface area contributed by atoms with Gasteiger partial charge in [-0.15, -0.1) is 0 Å². The van der Waals surface area contributed by atoms with Gasteiger partial charge in [0.05, 0.1) is 18.8 Å². The summed E-state index contributed by atoms with van der Waals surface area (Å²) in [7, 11) is 0. The molecule has 3 N–H and O–H groups in total. The first-order chi connectivity index (χ1) is 10.5. The Morgan fingerprint density at radius 2 is 2.09 bits per heavy atom. The van der Waals surface area contributed by atoms with E-state index < -0.39 is 12.2 Å². The first-order valence-corrected chi connectivity index (χ1v) is 7.94. The highest BCUT2D eigenvalue weighted by Crippen LogP contribution is 2.22. The van der Waals surface area contributed by atoms with Crippen LogP contribution in [0.4, 0.5) is 0 Å². The Bertz CT molecular complexity index is 489. The number of carbonyl (C=O) groups is 1. The molecule has 0 bridgehead atoms. The fraction of sp³-hybridized carbons (Fsp3) is 0.588. The molecule has 1 heterocycles. The summed E-state index contributed by atoms with van der Waals surface area (Å²) in [6.45, 7) is 5.20. The van der Waals surface area contributed by atoms with Crippen molar-refractivity contribution in [3.05, 3.63) is 35.4 Å². The van der Waals surface area contributed by atoms with Gasteiger partial charge in [0.2, 0.25) is 0 Å². The molecule has 22 heavy (non-hydrogen) atoms. The molecule has 1 fully saturated rings. The smallest absolute Gasteiger partial charge is 0.251 e. The molecular weight excluding hydrogens is 280 g/mol. The van der Waals surface area contributed by atoms with Crippen molar-refractivity contribution in [2.45, 2.75) is 45.0 Å². The topological polar surface area (TPSA) is 75.8 Å². The van der Waals surface area contributed by atoms with E-state index in [1.807, 2.05) is 38.1 Å². The van der Waals surface area contributed by atoms with Crippen LogP contribution >= 0.6 is 0 Å². The van der Waals surface area contributed by atoms with Gasteiger partial charge in [0.25, 0.3) is 5.91 Å². The number of nitrogens with zero attached hydrogens (tertiary/aromatic N) is 1. The molecule has 1 amide bonds. The third-order valence-electron chi connectivity index (χ3n) is 4.19. The van der Waals surface area contributed by atoms with E-state index in [9.17, 15) is 9.90 Å². The van der Waals surface area contributed by atoms with Gasteiger partial charge in [-0.25, -0.2) is 0 Å². The standard InChI is InChI=1S/C17H26N2O3/c1-3-19(17(21)16-9-8-14(10-18)22-16)11-15(20)13-6-4-12(2)5-7-13/h4-7,14-16,20H,3,8-11,18H2,1-2H3/t14-,15?,16+/m1/s1. The molecule has 3 atom stereocenters. The molecule has 1 aromatic rings. The number of benzene rings is 1. The highest BCUT2D eigenvalue weighted by atomic mass is 16.5. The Hall–Kier alpha value is -1.43. The molecule has 1 saturated heterocycles. The summed E-state index contributed by atoms with van der Waals surface area (Å²) < 4.78 is 5.66. The highest BCUT2D eigenvalue weighted by molar-refractivity contribution is 5.81. The third-order valence-corrected chi connectivity index (χ3v) is 4.19. The SMILES string of the molecule is CCN(CC(O)c1ccc(C)cc1)C(=O)[C@@H]1CC[C@H](CN)O1. The van der Waals surface area contributed by atoms with E-state index in [0.717, 1.165) is 17.5 Å². The lowest BCUT2D eigenvalue weighted by Gasteiger charge is -2.26. The molecule has 0 saturated carbocycles. The van der Waals surface area contributed by atoms with Crippen molar-refractivity contribution in [2.24, 2.45) is 5.73 Å². The maximum Gasteiger partial charge on any atom is 0.251 e. The number of likely N-dealkylation sites (N-methyl/N-ethyl adjacent to an activating group) is 1. The summed E-state index contributed by atoms with van der Waals surface area (Å²) >= 11 is 0. The Kier molecular flexibility index (Phi) is 5.94. The lowest BCUT2D eigenvalue weighted by Crippen LogP contribution is -2.41. The van der Waals surface area contributed by atoms with Crippen LogP contribution in [0.3, 0.4) is 0 Å². The normalized spacial score (nSPS) is 22.5. The van der Waals surface area contributed by atoms with Crippen molar-refractivity contribution in [1.82, 2.24) is 4.90 Å². The van der Waals surface area contributed by atoms with E-state index in [1.54, 1.807) is 4.90 Å². The van der Waals surface area contributed by atoms with Crippen molar-refractivity contribution in [2.75, 3.05) is 19.6 Å². The summed E-state index contributed by atoms with van der Waals surface area (Å²) in [5.74, 6) is -0.0513. The van der Waals surface area contributed by atoms with Crippen molar-refractivity contribution < 1.29 is 14.6 Å². The molecule has 0 radical (unpaired) electrons. The van der Waals surface area contributed by atoms with Gasteiger partial charge in [-0.1, -0.05) is 29.8 Å². The largest absolute Gasteiger partial charge is 0.387 e. The van der Waals surface area contributed by atoms with E-state index in [1.165, 1.54) is 0 Å². The molecule has 0 spiro atoms. The van der Waals surface area contributed by atoms with E-state index in [4.69, 9.17) is 10.5 Å². The number of rotatable bonds is 6. The second-order valence-electron chi connectivity index (χ2n) is 5.86. The van der Waals surface area contributed by atoms with E-state index in [0.29, 0.717) is 19.5 Å². The average molecular weight is 306 g/mol. The first kappa shape index (κ1) is 16.9. The van der Waals surface area contributed by atoms with Crippen LogP contribution in [0, 0.1) is 6.92 Å². The summed E-state index contributed by atoms with van der Waals surface area (Å²) in [5.41, 5.74) is 7.55. The van der Waals surface area contributed by atoms with Gasteiger partial charge < -0.3 is 20.5 Å². The van der Waals surface area contributed by atoms with Crippen LogP contribution in [0.1, 0.15) is 37.0 Å². The van der Waals surface area contributed by atoms with Gasteiger partial charge in [0, 0.05) is 13.1 Å². The monoisotopic (exact) mass is 306 g/mol. The number of carbonyl (C=O) groups excluding carboxylic acids is 1. The lowest BCUT2D eigenvalue weighted by atomic mass is 10.1. The number of aliphatic hydroxyl groups is 1. The van der Waals surface area contributed by atoms with Gasteiger partial charge in [-0.2, -0.15) is 0 Å². The molecule has 1 unspecified atom stereocenters. The molecule has 122 valence electrons. The van der Waals surface area contributed by atoms with Gasteiger partial charge in [-0.05, 0) is 32.3 Å². The molecule has 1 aromatic carbocycles. The predicted octanol–water partition coefficient (Wildman–Crippen LogP) is 1.38. The van der Waals surface area contributed by atoms with Crippen LogP contribution in [-0.4, -0.2) is 47.8 Å². The van der Waals surface area contributed by atoms with Crippen LogP contribution in [-0.2, 0) is 9.53 Å². The molecule has 1 aliphatic heterocycles. The van der Waals surface area contributed by atoms with E-state index in [2.05, 4.69) is 0 Å². The quantitative estimate of drug-likeness (QED) is 0.832. The number of aliphatic hydroxyl groups excluding tert-OH is 1. The van der Waals surface area contributed by atoms with Gasteiger partial charge in [0.1, 0.15) is 6.10 Å². The fourth-order valence-corrected chi connectivity index (χ4v) is 2.74. The zero-order valence-electron chi connectivity index (χ0n) is 13.4. The van der Waals surface area contributed by atoms with Gasteiger partial charge >= 0.3 is 0 Å². The Morgan fingerprint density at radius 1 is 1.41 bits per heavy atom. The molecular formula is C17H26N2O3. The van der Waals surface area contributed by atoms with Crippen molar-refractivity contribution in [3.63, 3.8) is 0 Å². The van der Waals surface area contributed by atoms with Crippen molar-refractivity contribution in [1.29, 1.82) is 0 Å². The number of amides is 1. The molecule has 0 aliphatic carbocycles. The molecule has 1 aliphatic rings. The summed E-state index contributed by atoms with van der Waals surface area (Å²) in [4.78, 5) is 14.2. The minimum Gasteiger partial charge on any atom is -0.387 e. The zero-order valence-corrected chi connectivity index (χ0v) is 13.4. The fourth-order valence-electron chi connectivity index (χ4n) is 2.74. The van der Waals surface area contributed by atoms with Gasteiger partial charge in [0.15, 0.2) is 0 Å². The number of aryl methyl sites for hydroxylation is 1.